The van der Waals surface area contributed by atoms with Crippen molar-refractivity contribution in [3.8, 4) is 5.75 Å². The molecule has 0 aliphatic rings. The summed E-state index contributed by atoms with van der Waals surface area (Å²) < 4.78 is 36.4. The lowest BCUT2D eigenvalue weighted by atomic mass is 10.1. The lowest BCUT2D eigenvalue weighted by Gasteiger charge is -2.17. The number of benzene rings is 1. The molecular weight excluding hydrogens is 388 g/mol. The molecule has 23 heavy (non-hydrogen) atoms. The smallest absolute Gasteiger partial charge is 0.341 e. The van der Waals surface area contributed by atoms with Crippen LogP contribution < -0.4 is 9.46 Å². The van der Waals surface area contributed by atoms with Crippen LogP contribution in [0.5, 0.6) is 5.75 Å². The van der Waals surface area contributed by atoms with Crippen LogP contribution in [0.2, 0.25) is 0 Å². The number of carbonyl (C=O) groups excluding carboxylic acids is 1. The predicted octanol–water partition coefficient (Wildman–Crippen LogP) is 1.94. The third-order valence-corrected chi connectivity index (χ3v) is 3.80. The highest BCUT2D eigenvalue weighted by Gasteiger charge is 2.20. The molecule has 1 rings (SSSR count). The largest absolute Gasteiger partial charge is 0.490 e. The van der Waals surface area contributed by atoms with Gasteiger partial charge in [0.05, 0.1) is 25.7 Å². The maximum Gasteiger partial charge on any atom is 0.341 e. The van der Waals surface area contributed by atoms with Crippen LogP contribution in [0.4, 0.5) is 5.69 Å². The minimum absolute atomic E-state index is 0.151. The summed E-state index contributed by atoms with van der Waals surface area (Å²) in [7, 11) is 1.61. The van der Waals surface area contributed by atoms with Crippen LogP contribution in [-0.4, -0.2) is 59.9 Å². The van der Waals surface area contributed by atoms with E-state index in [4.69, 9.17) is 9.47 Å². The quantitative estimate of drug-likeness (QED) is 0.522. The first-order chi connectivity index (χ1) is 10.6. The Bertz CT molecular complexity index is 661. The summed E-state index contributed by atoms with van der Waals surface area (Å²) in [6, 6.07) is 3.06. The molecule has 130 valence electrons. The van der Waals surface area contributed by atoms with E-state index in [9.17, 15) is 13.2 Å². The van der Waals surface area contributed by atoms with Crippen molar-refractivity contribution in [1.29, 1.82) is 0 Å². The van der Waals surface area contributed by atoms with E-state index in [1.54, 1.807) is 0 Å². The summed E-state index contributed by atoms with van der Waals surface area (Å²) in [5.74, 6) is -0.449. The van der Waals surface area contributed by atoms with Gasteiger partial charge in [-0.1, -0.05) is 15.9 Å². The molecule has 0 amide bonds. The number of halogens is 1. The highest BCUT2D eigenvalue weighted by atomic mass is 79.9. The molecule has 1 N–H and O–H groups in total. The second-order valence-corrected chi connectivity index (χ2v) is 7.87. The van der Waals surface area contributed by atoms with Crippen molar-refractivity contribution in [1.82, 2.24) is 4.90 Å². The zero-order valence-corrected chi connectivity index (χ0v) is 16.0. The fourth-order valence-electron chi connectivity index (χ4n) is 1.84. The maximum atomic E-state index is 11.9. The van der Waals surface area contributed by atoms with E-state index in [2.05, 4.69) is 20.7 Å². The highest BCUT2D eigenvalue weighted by molar-refractivity contribution is 9.10. The summed E-state index contributed by atoms with van der Waals surface area (Å²) in [4.78, 5) is 13.9. The lowest BCUT2D eigenvalue weighted by Crippen LogP contribution is -2.17. The third-order valence-electron chi connectivity index (χ3n) is 2.75. The Kier molecular flexibility index (Phi) is 7.30. The molecule has 7 nitrogen and oxygen atoms in total. The fraction of sp³-hybridized carbons (Fsp3) is 0.500. The van der Waals surface area contributed by atoms with Crippen molar-refractivity contribution < 1.29 is 22.7 Å². The first-order valence-electron chi connectivity index (χ1n) is 6.81. The summed E-state index contributed by atoms with van der Waals surface area (Å²) in [5, 5.41) is 0. The minimum Gasteiger partial charge on any atom is -0.490 e. The van der Waals surface area contributed by atoms with E-state index < -0.39 is 16.0 Å². The molecule has 0 unspecified atom stereocenters. The molecule has 1 aromatic rings. The number of hydrogen-bond acceptors (Lipinski definition) is 6. The molecule has 0 aliphatic heterocycles. The normalized spacial score (nSPS) is 11.4. The van der Waals surface area contributed by atoms with E-state index in [1.165, 1.54) is 19.2 Å². The van der Waals surface area contributed by atoms with E-state index >= 15 is 0 Å². The van der Waals surface area contributed by atoms with Gasteiger partial charge in [-0.3, -0.25) is 4.72 Å². The number of nitrogens with zero attached hydrogens (tertiary/aromatic N) is 1. The molecule has 0 heterocycles. The number of nitrogens with one attached hydrogen (secondary N) is 1. The van der Waals surface area contributed by atoms with Crippen LogP contribution in [0.15, 0.2) is 16.6 Å². The monoisotopic (exact) mass is 408 g/mol. The topological polar surface area (TPSA) is 84.9 Å². The Hall–Kier alpha value is -1.32. The Morgan fingerprint density at radius 1 is 1.35 bits per heavy atom. The number of carbonyl (C=O) groups is 1. The highest BCUT2D eigenvalue weighted by Crippen LogP contribution is 2.34. The molecule has 0 saturated carbocycles. The van der Waals surface area contributed by atoms with Gasteiger partial charge in [0, 0.05) is 11.0 Å². The molecule has 1 aromatic carbocycles. The van der Waals surface area contributed by atoms with E-state index in [0.29, 0.717) is 11.1 Å². The molecule has 9 heteroatoms. The van der Waals surface area contributed by atoms with Gasteiger partial charge < -0.3 is 14.4 Å². The van der Waals surface area contributed by atoms with Crippen molar-refractivity contribution in [2.45, 2.75) is 6.42 Å². The summed E-state index contributed by atoms with van der Waals surface area (Å²) in [6.07, 6.45) is 1.75. The Morgan fingerprint density at radius 2 is 2.00 bits per heavy atom. The van der Waals surface area contributed by atoms with Crippen molar-refractivity contribution in [2.75, 3.05) is 45.3 Å². The zero-order chi connectivity index (χ0) is 17.6. The van der Waals surface area contributed by atoms with Gasteiger partial charge in [0.15, 0.2) is 5.75 Å². The Morgan fingerprint density at radius 3 is 2.52 bits per heavy atom. The minimum atomic E-state index is -3.52. The van der Waals surface area contributed by atoms with E-state index in [-0.39, 0.29) is 17.0 Å². The van der Waals surface area contributed by atoms with Gasteiger partial charge >= 0.3 is 5.97 Å². The lowest BCUT2D eigenvalue weighted by molar-refractivity contribution is 0.0596. The van der Waals surface area contributed by atoms with Gasteiger partial charge in [-0.15, -0.1) is 0 Å². The average Bonchev–Trinajstić information content (AvgIpc) is 2.41. The third kappa shape index (κ3) is 6.76. The molecule has 0 atom stereocenters. The second kappa shape index (κ2) is 8.51. The molecule has 0 saturated heterocycles. The molecular formula is C14H21BrN2O5S. The Labute approximate surface area is 145 Å². The second-order valence-electron chi connectivity index (χ2n) is 5.20. The number of anilines is 1. The van der Waals surface area contributed by atoms with Gasteiger partial charge in [0.1, 0.15) is 5.56 Å². The van der Waals surface area contributed by atoms with Crippen molar-refractivity contribution in [3.05, 3.63) is 22.2 Å². The summed E-state index contributed by atoms with van der Waals surface area (Å²) >= 11 is 3.25. The average molecular weight is 409 g/mol. The van der Waals surface area contributed by atoms with Gasteiger partial charge in [0.2, 0.25) is 10.0 Å². The maximum absolute atomic E-state index is 11.9. The predicted molar refractivity (Wildman–Crippen MR) is 92.6 cm³/mol. The number of methoxy groups -OCH3 is 1. The summed E-state index contributed by atoms with van der Waals surface area (Å²) in [6.45, 7) is 1.14. The van der Waals surface area contributed by atoms with Crippen molar-refractivity contribution in [2.24, 2.45) is 0 Å². The van der Waals surface area contributed by atoms with Gasteiger partial charge in [-0.2, -0.15) is 0 Å². The molecule has 0 aromatic heterocycles. The standard InChI is InChI=1S/C14H21BrN2O5S/c1-17(2)6-5-7-22-13-11(14(18)21-3)8-10(15)9-12(13)16-23(4,19)20/h8-9,16H,5-7H2,1-4H3. The van der Waals surface area contributed by atoms with Crippen LogP contribution in [0, 0.1) is 0 Å². The van der Waals surface area contributed by atoms with Crippen LogP contribution in [0.1, 0.15) is 16.8 Å². The molecule has 0 bridgehead atoms. The van der Waals surface area contributed by atoms with Gasteiger partial charge in [-0.25, -0.2) is 13.2 Å². The van der Waals surface area contributed by atoms with Crippen LogP contribution in [0.3, 0.4) is 0 Å². The first kappa shape index (κ1) is 19.7. The molecule has 0 fully saturated rings. The fourth-order valence-corrected chi connectivity index (χ4v) is 2.85. The SMILES string of the molecule is COC(=O)c1cc(Br)cc(NS(C)(=O)=O)c1OCCCN(C)C. The molecule has 0 aliphatic carbocycles. The molecule has 0 radical (unpaired) electrons. The Balaban J connectivity index is 3.16. The van der Waals surface area contributed by atoms with Crippen LogP contribution in [0.25, 0.3) is 0 Å². The number of sulfonamides is 1. The number of esters is 1. The van der Waals surface area contributed by atoms with Crippen molar-refractivity contribution >= 4 is 37.6 Å². The van der Waals surface area contributed by atoms with Crippen LogP contribution >= 0.6 is 15.9 Å². The number of rotatable bonds is 8. The molecule has 0 spiro atoms. The van der Waals surface area contributed by atoms with Gasteiger partial charge in [-0.05, 0) is 32.6 Å². The van der Waals surface area contributed by atoms with E-state index in [0.717, 1.165) is 19.2 Å². The number of ether oxygens (including phenoxy) is 2. The van der Waals surface area contributed by atoms with Crippen molar-refractivity contribution in [3.63, 3.8) is 0 Å². The van der Waals surface area contributed by atoms with E-state index in [1.807, 2.05) is 19.0 Å². The first-order valence-corrected chi connectivity index (χ1v) is 9.49. The zero-order valence-electron chi connectivity index (χ0n) is 13.6. The summed E-state index contributed by atoms with van der Waals surface area (Å²) in [5.41, 5.74) is 0.338. The van der Waals surface area contributed by atoms with Gasteiger partial charge in [0.25, 0.3) is 0 Å². The van der Waals surface area contributed by atoms with Crippen LogP contribution in [-0.2, 0) is 14.8 Å². The number of hydrogen-bond donors (Lipinski definition) is 1.